The van der Waals surface area contributed by atoms with Gasteiger partial charge in [-0.25, -0.2) is 5.84 Å². The Morgan fingerprint density at radius 3 is 2.09 bits per heavy atom. The summed E-state index contributed by atoms with van der Waals surface area (Å²) in [7, 11) is 1.62. The summed E-state index contributed by atoms with van der Waals surface area (Å²) in [5.74, 6) is 5.89. The minimum Gasteiger partial charge on any atom is -0.283 e. The van der Waals surface area contributed by atoms with Crippen LogP contribution in [0.2, 0.25) is 0 Å². The van der Waals surface area contributed by atoms with Crippen LogP contribution in [-0.4, -0.2) is 18.0 Å². The highest BCUT2D eigenvalue weighted by Crippen LogP contribution is 2.52. The van der Waals surface area contributed by atoms with Gasteiger partial charge in [-0.15, -0.1) is 0 Å². The third-order valence-corrected chi connectivity index (χ3v) is 2.64. The predicted molar refractivity (Wildman–Crippen MR) is 43.5 cm³/mol. The van der Waals surface area contributed by atoms with E-state index in [4.69, 9.17) is 5.84 Å². The molecule has 2 N–H and O–H groups in total. The van der Waals surface area contributed by atoms with Crippen LogP contribution in [0.15, 0.2) is 0 Å². The Labute approximate surface area is 67.5 Å². The van der Waals surface area contributed by atoms with Gasteiger partial charge in [0.1, 0.15) is 0 Å². The van der Waals surface area contributed by atoms with Crippen molar-refractivity contribution in [2.45, 2.75) is 26.7 Å². The molecule has 1 saturated carbocycles. The lowest BCUT2D eigenvalue weighted by molar-refractivity contribution is -0.137. The normalized spacial score (nSPS) is 20.1. The van der Waals surface area contributed by atoms with Crippen LogP contribution >= 0.6 is 0 Å². The molecule has 64 valence electrons. The van der Waals surface area contributed by atoms with Crippen molar-refractivity contribution in [3.8, 4) is 0 Å². The Morgan fingerprint density at radius 1 is 1.55 bits per heavy atom. The number of hydrogen-bond donors (Lipinski definition) is 1. The summed E-state index contributed by atoms with van der Waals surface area (Å²) in [6, 6.07) is 0. The Morgan fingerprint density at radius 2 is 2.00 bits per heavy atom. The van der Waals surface area contributed by atoms with Crippen LogP contribution in [0.3, 0.4) is 0 Å². The van der Waals surface area contributed by atoms with Crippen molar-refractivity contribution in [2.75, 3.05) is 7.05 Å². The Balaban J connectivity index is 2.66. The van der Waals surface area contributed by atoms with Crippen molar-refractivity contribution >= 4 is 5.91 Å². The number of carbonyl (C=O) groups is 1. The fourth-order valence-corrected chi connectivity index (χ4v) is 1.52. The fraction of sp³-hybridized carbons (Fsp3) is 0.875. The van der Waals surface area contributed by atoms with Crippen LogP contribution in [-0.2, 0) is 4.79 Å². The zero-order valence-electron chi connectivity index (χ0n) is 7.42. The van der Waals surface area contributed by atoms with Crippen molar-refractivity contribution in [1.82, 2.24) is 5.01 Å². The first kappa shape index (κ1) is 8.53. The van der Waals surface area contributed by atoms with Crippen LogP contribution < -0.4 is 5.84 Å². The second-order valence-corrected chi connectivity index (χ2v) is 3.73. The van der Waals surface area contributed by atoms with Crippen molar-refractivity contribution in [3.05, 3.63) is 0 Å². The molecule has 0 bridgehead atoms. The third kappa shape index (κ3) is 1.25. The average Bonchev–Trinajstić information content (AvgIpc) is 2.65. The van der Waals surface area contributed by atoms with E-state index in [1.807, 2.05) is 0 Å². The molecule has 1 fully saturated rings. The van der Waals surface area contributed by atoms with Gasteiger partial charge in [0.15, 0.2) is 0 Å². The summed E-state index contributed by atoms with van der Waals surface area (Å²) in [6.07, 6.45) is 2.01. The molecular weight excluding hydrogens is 140 g/mol. The summed E-state index contributed by atoms with van der Waals surface area (Å²) < 4.78 is 0. The van der Waals surface area contributed by atoms with Crippen molar-refractivity contribution in [3.63, 3.8) is 0 Å². The molecule has 0 atom stereocenters. The van der Waals surface area contributed by atoms with Gasteiger partial charge in [0.05, 0.1) is 5.41 Å². The molecule has 0 aromatic carbocycles. The topological polar surface area (TPSA) is 46.3 Å². The smallest absolute Gasteiger partial charge is 0.242 e. The molecular formula is C8H16N2O. The maximum Gasteiger partial charge on any atom is 0.242 e. The molecule has 0 aromatic rings. The maximum atomic E-state index is 11.5. The largest absolute Gasteiger partial charge is 0.283 e. The van der Waals surface area contributed by atoms with Gasteiger partial charge in [0, 0.05) is 7.05 Å². The fourth-order valence-electron chi connectivity index (χ4n) is 1.52. The molecule has 0 heterocycles. The molecule has 1 rings (SSSR count). The van der Waals surface area contributed by atoms with Gasteiger partial charge in [-0.3, -0.25) is 9.80 Å². The van der Waals surface area contributed by atoms with Crippen LogP contribution in [0, 0.1) is 11.3 Å². The van der Waals surface area contributed by atoms with E-state index in [9.17, 15) is 4.79 Å². The van der Waals surface area contributed by atoms with Gasteiger partial charge in [0.2, 0.25) is 5.91 Å². The van der Waals surface area contributed by atoms with Crippen LogP contribution in [0.5, 0.6) is 0 Å². The molecule has 11 heavy (non-hydrogen) atoms. The SMILES string of the molecule is CC(C)C1(C(=O)N(C)N)CC1. The van der Waals surface area contributed by atoms with Crippen LogP contribution in [0.4, 0.5) is 0 Å². The molecule has 0 aromatic heterocycles. The summed E-state index contributed by atoms with van der Waals surface area (Å²) in [5.41, 5.74) is -0.108. The second kappa shape index (κ2) is 2.48. The predicted octanol–water partition coefficient (Wildman–Crippen LogP) is 0.755. The number of hydrazine groups is 1. The Kier molecular flexibility index (Phi) is 1.92. The molecule has 1 aliphatic carbocycles. The summed E-state index contributed by atoms with van der Waals surface area (Å²) in [5, 5.41) is 1.22. The molecule has 0 unspecified atom stereocenters. The molecule has 3 heteroatoms. The first-order valence-corrected chi connectivity index (χ1v) is 4.03. The monoisotopic (exact) mass is 156 g/mol. The van der Waals surface area contributed by atoms with Gasteiger partial charge < -0.3 is 0 Å². The number of carbonyl (C=O) groups excluding carboxylic acids is 1. The van der Waals surface area contributed by atoms with Crippen molar-refractivity contribution in [2.24, 2.45) is 17.2 Å². The quantitative estimate of drug-likeness (QED) is 0.364. The first-order valence-electron chi connectivity index (χ1n) is 4.03. The second-order valence-electron chi connectivity index (χ2n) is 3.73. The number of amides is 1. The first-order chi connectivity index (χ1) is 5.00. The zero-order valence-corrected chi connectivity index (χ0v) is 7.42. The number of rotatable bonds is 2. The highest BCUT2D eigenvalue weighted by molar-refractivity contribution is 5.84. The average molecular weight is 156 g/mol. The van der Waals surface area contributed by atoms with E-state index in [1.165, 1.54) is 5.01 Å². The maximum absolute atomic E-state index is 11.5. The van der Waals surface area contributed by atoms with E-state index >= 15 is 0 Å². The van der Waals surface area contributed by atoms with Crippen LogP contribution in [0.25, 0.3) is 0 Å². The van der Waals surface area contributed by atoms with E-state index < -0.39 is 0 Å². The van der Waals surface area contributed by atoms with Gasteiger partial charge >= 0.3 is 0 Å². The van der Waals surface area contributed by atoms with Gasteiger partial charge in [-0.1, -0.05) is 13.8 Å². The lowest BCUT2D eigenvalue weighted by atomic mass is 9.91. The molecule has 0 radical (unpaired) electrons. The summed E-state index contributed by atoms with van der Waals surface area (Å²) in [4.78, 5) is 11.5. The molecule has 0 aliphatic heterocycles. The zero-order chi connectivity index (χ0) is 8.65. The van der Waals surface area contributed by atoms with E-state index in [2.05, 4.69) is 13.8 Å². The van der Waals surface area contributed by atoms with Gasteiger partial charge in [-0.2, -0.15) is 0 Å². The highest BCUT2D eigenvalue weighted by atomic mass is 16.2. The standard InChI is InChI=1S/C8H16N2O/c1-6(2)8(4-5-8)7(11)10(3)9/h6H,4-5,9H2,1-3H3. The third-order valence-electron chi connectivity index (χ3n) is 2.64. The Bertz CT molecular complexity index is 171. The molecule has 1 amide bonds. The molecule has 3 nitrogen and oxygen atoms in total. The van der Waals surface area contributed by atoms with E-state index in [0.29, 0.717) is 5.92 Å². The summed E-state index contributed by atoms with van der Waals surface area (Å²) >= 11 is 0. The summed E-state index contributed by atoms with van der Waals surface area (Å²) in [6.45, 7) is 4.16. The number of nitrogens with two attached hydrogens (primary N) is 1. The van der Waals surface area contributed by atoms with E-state index in [0.717, 1.165) is 12.8 Å². The number of hydrogen-bond acceptors (Lipinski definition) is 2. The lowest BCUT2D eigenvalue weighted by Crippen LogP contribution is -2.41. The van der Waals surface area contributed by atoms with Gasteiger partial charge in [0.25, 0.3) is 0 Å². The lowest BCUT2D eigenvalue weighted by Gasteiger charge is -2.22. The number of nitrogens with zero attached hydrogens (tertiary/aromatic N) is 1. The van der Waals surface area contributed by atoms with Crippen molar-refractivity contribution in [1.29, 1.82) is 0 Å². The van der Waals surface area contributed by atoms with Crippen molar-refractivity contribution < 1.29 is 4.79 Å². The highest BCUT2D eigenvalue weighted by Gasteiger charge is 2.52. The minimum absolute atomic E-state index is 0.0903. The molecule has 1 aliphatic rings. The van der Waals surface area contributed by atoms with E-state index in [1.54, 1.807) is 7.05 Å². The Hall–Kier alpha value is -0.570. The van der Waals surface area contributed by atoms with Crippen LogP contribution in [0.1, 0.15) is 26.7 Å². The van der Waals surface area contributed by atoms with E-state index in [-0.39, 0.29) is 11.3 Å². The minimum atomic E-state index is -0.108. The molecule has 0 saturated heterocycles. The molecule has 0 spiro atoms. The van der Waals surface area contributed by atoms with Gasteiger partial charge in [-0.05, 0) is 18.8 Å².